The Bertz CT molecular complexity index is 1380. The Labute approximate surface area is 210 Å². The number of methoxy groups -OCH3 is 1. The van der Waals surface area contributed by atoms with Gasteiger partial charge in [0.25, 0.3) is 0 Å². The van der Waals surface area contributed by atoms with Gasteiger partial charge in [0.1, 0.15) is 17.7 Å². The summed E-state index contributed by atoms with van der Waals surface area (Å²) in [4.78, 5) is 14.1. The van der Waals surface area contributed by atoms with Gasteiger partial charge in [-0.2, -0.15) is 0 Å². The Morgan fingerprint density at radius 3 is 2.72 bits per heavy atom. The molecule has 0 aliphatic carbocycles. The third kappa shape index (κ3) is 4.77. The van der Waals surface area contributed by atoms with E-state index in [0.717, 1.165) is 30.1 Å². The molecule has 0 bridgehead atoms. The fourth-order valence-corrected chi connectivity index (χ4v) is 4.84. The highest BCUT2D eigenvalue weighted by Gasteiger charge is 2.27. The molecule has 1 aliphatic rings. The van der Waals surface area contributed by atoms with Crippen LogP contribution in [0.2, 0.25) is 0 Å². The van der Waals surface area contributed by atoms with Crippen LogP contribution in [0.1, 0.15) is 35.3 Å². The number of fused-ring (bicyclic) bond motifs is 2. The topological polar surface area (TPSA) is 50.8 Å². The Balaban J connectivity index is 1.32. The molecular weight excluding hydrogens is 455 g/mol. The van der Waals surface area contributed by atoms with Crippen LogP contribution in [0.15, 0.2) is 84.9 Å². The number of nitrogens with one attached hydrogen (secondary N) is 1. The number of carbonyl (C=O) groups excluding carboxylic acids is 1. The molecule has 4 aromatic rings. The minimum Gasteiger partial charge on any atom is -0.486 e. The van der Waals surface area contributed by atoms with Crippen LogP contribution in [0.4, 0.5) is 15.8 Å². The summed E-state index contributed by atoms with van der Waals surface area (Å²) in [5.41, 5.74) is 2.79. The summed E-state index contributed by atoms with van der Waals surface area (Å²) in [6.07, 6.45) is 0.698. The van der Waals surface area contributed by atoms with Crippen LogP contribution >= 0.6 is 0 Å². The number of hydrogen-bond acceptors (Lipinski definition) is 5. The summed E-state index contributed by atoms with van der Waals surface area (Å²) in [7, 11) is 1.25. The van der Waals surface area contributed by atoms with Gasteiger partial charge in [-0.3, -0.25) is 0 Å². The van der Waals surface area contributed by atoms with Crippen molar-refractivity contribution in [2.45, 2.75) is 25.5 Å². The number of carbonyl (C=O) groups is 1. The predicted octanol–water partition coefficient (Wildman–Crippen LogP) is 6.41. The molecule has 5 rings (SSSR count). The lowest BCUT2D eigenvalue weighted by atomic mass is 9.99. The lowest BCUT2D eigenvalue weighted by Crippen LogP contribution is -2.39. The molecule has 184 valence electrons. The van der Waals surface area contributed by atoms with Crippen molar-refractivity contribution in [2.24, 2.45) is 0 Å². The van der Waals surface area contributed by atoms with Crippen molar-refractivity contribution in [2.75, 3.05) is 25.1 Å². The molecule has 0 radical (unpaired) electrons. The molecule has 0 fully saturated rings. The first-order chi connectivity index (χ1) is 17.5. The summed E-state index contributed by atoms with van der Waals surface area (Å²) in [6.45, 7) is 3.52. The smallest absolute Gasteiger partial charge is 0.340 e. The fourth-order valence-electron chi connectivity index (χ4n) is 4.84. The molecule has 1 N–H and O–H groups in total. The van der Waals surface area contributed by atoms with Crippen molar-refractivity contribution in [3.63, 3.8) is 0 Å². The zero-order chi connectivity index (χ0) is 25.1. The summed E-state index contributed by atoms with van der Waals surface area (Å²) < 4.78 is 25.3. The molecule has 1 heterocycles. The average molecular weight is 485 g/mol. The average Bonchev–Trinajstić information content (AvgIpc) is 2.92. The van der Waals surface area contributed by atoms with Crippen LogP contribution in [0.5, 0.6) is 5.75 Å². The summed E-state index contributed by atoms with van der Waals surface area (Å²) in [6, 6.07) is 27.3. The number of para-hydroxylation sites is 2. The van der Waals surface area contributed by atoms with Crippen molar-refractivity contribution >= 4 is 28.1 Å². The molecule has 0 aromatic heterocycles. The minimum atomic E-state index is -0.695. The van der Waals surface area contributed by atoms with Crippen LogP contribution in [0, 0.1) is 5.82 Å². The van der Waals surface area contributed by atoms with Gasteiger partial charge in [0, 0.05) is 11.7 Å². The van der Waals surface area contributed by atoms with E-state index in [4.69, 9.17) is 9.47 Å². The Morgan fingerprint density at radius 1 is 1.08 bits per heavy atom. The maximum atomic E-state index is 14.3. The molecule has 0 amide bonds. The molecule has 2 atom stereocenters. The summed E-state index contributed by atoms with van der Waals surface area (Å²) in [5.74, 6) is -0.533. The zero-order valence-corrected chi connectivity index (χ0v) is 20.4. The van der Waals surface area contributed by atoms with Gasteiger partial charge in [-0.1, -0.05) is 54.6 Å². The van der Waals surface area contributed by atoms with E-state index in [1.165, 1.54) is 29.5 Å². The fraction of sp³-hybridized carbons (Fsp3) is 0.233. The normalized spacial score (nSPS) is 15.8. The van der Waals surface area contributed by atoms with Crippen molar-refractivity contribution in [1.29, 1.82) is 0 Å². The van der Waals surface area contributed by atoms with Crippen molar-refractivity contribution < 1.29 is 18.7 Å². The number of anilines is 2. The van der Waals surface area contributed by atoms with E-state index in [0.29, 0.717) is 6.54 Å². The predicted molar refractivity (Wildman–Crippen MR) is 141 cm³/mol. The monoisotopic (exact) mass is 484 g/mol. The van der Waals surface area contributed by atoms with Crippen LogP contribution in [-0.4, -0.2) is 32.3 Å². The van der Waals surface area contributed by atoms with Crippen molar-refractivity contribution in [3.05, 3.63) is 102 Å². The number of ether oxygens (including phenoxy) is 2. The van der Waals surface area contributed by atoms with E-state index in [1.807, 2.05) is 24.3 Å². The van der Waals surface area contributed by atoms with E-state index in [-0.39, 0.29) is 17.7 Å². The van der Waals surface area contributed by atoms with E-state index < -0.39 is 11.8 Å². The first-order valence-electron chi connectivity index (χ1n) is 12.2. The third-order valence-electron chi connectivity index (χ3n) is 6.71. The van der Waals surface area contributed by atoms with E-state index in [1.54, 1.807) is 12.1 Å². The quantitative estimate of drug-likeness (QED) is 0.308. The van der Waals surface area contributed by atoms with Crippen molar-refractivity contribution in [3.8, 4) is 5.75 Å². The van der Waals surface area contributed by atoms with Crippen LogP contribution in [-0.2, 0) is 4.74 Å². The van der Waals surface area contributed by atoms with E-state index >= 15 is 0 Å². The van der Waals surface area contributed by atoms with Crippen LogP contribution in [0.3, 0.4) is 0 Å². The number of esters is 1. The minimum absolute atomic E-state index is 0.0823. The Kier molecular flexibility index (Phi) is 6.87. The highest BCUT2D eigenvalue weighted by atomic mass is 19.1. The van der Waals surface area contributed by atoms with Gasteiger partial charge in [-0.15, -0.1) is 0 Å². The van der Waals surface area contributed by atoms with Gasteiger partial charge in [0.15, 0.2) is 0 Å². The van der Waals surface area contributed by atoms with Gasteiger partial charge in [-0.25, -0.2) is 9.18 Å². The second kappa shape index (κ2) is 10.4. The van der Waals surface area contributed by atoms with Gasteiger partial charge in [0.05, 0.1) is 24.9 Å². The zero-order valence-electron chi connectivity index (χ0n) is 20.4. The lowest BCUT2D eigenvalue weighted by Gasteiger charge is -2.36. The van der Waals surface area contributed by atoms with Gasteiger partial charge in [0.2, 0.25) is 0 Å². The first-order valence-corrected chi connectivity index (χ1v) is 12.2. The maximum Gasteiger partial charge on any atom is 0.340 e. The Hall–Kier alpha value is -3.90. The SMILES string of the molecule is COC(=O)c1cc(N2CC(CCNC(C)c3cccc4ccccc34)Oc3ccccc32)ccc1F. The second-order valence-electron chi connectivity index (χ2n) is 9.01. The summed E-state index contributed by atoms with van der Waals surface area (Å²) in [5, 5.41) is 6.14. The molecule has 1 aliphatic heterocycles. The number of rotatable bonds is 7. The van der Waals surface area contributed by atoms with E-state index in [9.17, 15) is 9.18 Å². The number of hydrogen-bond donors (Lipinski definition) is 1. The highest BCUT2D eigenvalue weighted by Crippen LogP contribution is 2.39. The third-order valence-corrected chi connectivity index (χ3v) is 6.71. The highest BCUT2D eigenvalue weighted by molar-refractivity contribution is 5.91. The van der Waals surface area contributed by atoms with Crippen molar-refractivity contribution in [1.82, 2.24) is 5.32 Å². The summed E-state index contributed by atoms with van der Waals surface area (Å²) >= 11 is 0. The van der Waals surface area contributed by atoms with Crippen LogP contribution in [0.25, 0.3) is 10.8 Å². The number of halogens is 1. The first kappa shape index (κ1) is 23.8. The van der Waals surface area contributed by atoms with Gasteiger partial charge < -0.3 is 19.7 Å². The molecule has 0 spiro atoms. The maximum absolute atomic E-state index is 14.3. The number of nitrogens with zero attached hydrogens (tertiary/aromatic N) is 1. The van der Waals surface area contributed by atoms with Gasteiger partial charge in [-0.05, 0) is 66.6 Å². The van der Waals surface area contributed by atoms with E-state index in [2.05, 4.69) is 59.6 Å². The molecule has 6 heteroatoms. The van der Waals surface area contributed by atoms with Gasteiger partial charge >= 0.3 is 5.97 Å². The lowest BCUT2D eigenvalue weighted by molar-refractivity contribution is 0.0595. The Morgan fingerprint density at radius 2 is 1.86 bits per heavy atom. The largest absolute Gasteiger partial charge is 0.486 e. The number of benzene rings is 4. The molecular formula is C30H29FN2O3. The molecule has 0 saturated carbocycles. The molecule has 36 heavy (non-hydrogen) atoms. The standard InChI is InChI=1S/C30H29FN2O3/c1-20(24-11-7-9-21-8-3-4-10-25(21)24)32-17-16-23-19-33(28-12-5-6-13-29(28)36-23)22-14-15-27(31)26(18-22)30(34)35-2/h3-15,18,20,23,32H,16-17,19H2,1-2H3. The van der Waals surface area contributed by atoms with Crippen LogP contribution < -0.4 is 15.0 Å². The molecule has 0 saturated heterocycles. The molecule has 4 aromatic carbocycles. The second-order valence-corrected chi connectivity index (χ2v) is 9.01. The molecule has 2 unspecified atom stereocenters. The molecule has 5 nitrogen and oxygen atoms in total.